The summed E-state index contributed by atoms with van der Waals surface area (Å²) >= 11 is 0. The maximum Gasteiger partial charge on any atom is 0.259 e. The van der Waals surface area contributed by atoms with Crippen LogP contribution in [-0.4, -0.2) is 30.4 Å². The predicted molar refractivity (Wildman–Crippen MR) is 92.4 cm³/mol. The van der Waals surface area contributed by atoms with Crippen LogP contribution in [0.25, 0.3) is 0 Å². The molecule has 1 fully saturated rings. The van der Waals surface area contributed by atoms with E-state index in [9.17, 15) is 14.4 Å². The van der Waals surface area contributed by atoms with Crippen molar-refractivity contribution in [2.45, 2.75) is 18.9 Å². The van der Waals surface area contributed by atoms with Crippen LogP contribution in [0.2, 0.25) is 0 Å². The SMILES string of the molecule is O=C1NC(=O)c2cc(Oc3ccc(NC(=O)[C@@H]4CCCO4)cc3)ccc21. The fourth-order valence-electron chi connectivity index (χ4n) is 2.96. The number of carbonyl (C=O) groups excluding carboxylic acids is 3. The van der Waals surface area contributed by atoms with Gasteiger partial charge in [0.15, 0.2) is 0 Å². The van der Waals surface area contributed by atoms with E-state index in [2.05, 4.69) is 10.6 Å². The van der Waals surface area contributed by atoms with E-state index in [-0.39, 0.29) is 12.0 Å². The number of imide groups is 1. The lowest BCUT2D eigenvalue weighted by atomic mass is 10.1. The molecule has 0 bridgehead atoms. The first kappa shape index (κ1) is 16.3. The third-order valence-electron chi connectivity index (χ3n) is 4.29. The zero-order valence-electron chi connectivity index (χ0n) is 13.8. The van der Waals surface area contributed by atoms with Crippen LogP contribution >= 0.6 is 0 Å². The number of amides is 3. The van der Waals surface area contributed by atoms with Crippen molar-refractivity contribution in [1.29, 1.82) is 0 Å². The van der Waals surface area contributed by atoms with Crippen LogP contribution in [-0.2, 0) is 9.53 Å². The van der Waals surface area contributed by atoms with E-state index in [1.807, 2.05) is 0 Å². The van der Waals surface area contributed by atoms with Crippen LogP contribution in [0.4, 0.5) is 5.69 Å². The first-order chi connectivity index (χ1) is 12.6. The molecule has 4 rings (SSSR count). The first-order valence-corrected chi connectivity index (χ1v) is 8.30. The van der Waals surface area contributed by atoms with E-state index in [0.717, 1.165) is 12.8 Å². The van der Waals surface area contributed by atoms with Crippen molar-refractivity contribution in [3.05, 3.63) is 53.6 Å². The van der Waals surface area contributed by atoms with E-state index in [1.165, 1.54) is 6.07 Å². The van der Waals surface area contributed by atoms with E-state index in [1.54, 1.807) is 36.4 Å². The van der Waals surface area contributed by atoms with Gasteiger partial charge >= 0.3 is 0 Å². The monoisotopic (exact) mass is 352 g/mol. The molecule has 0 saturated carbocycles. The highest BCUT2D eigenvalue weighted by molar-refractivity contribution is 6.21. The van der Waals surface area contributed by atoms with Gasteiger partial charge in [-0.2, -0.15) is 0 Å². The van der Waals surface area contributed by atoms with Crippen molar-refractivity contribution in [3.8, 4) is 11.5 Å². The minimum absolute atomic E-state index is 0.148. The zero-order chi connectivity index (χ0) is 18.1. The van der Waals surface area contributed by atoms with Crippen LogP contribution in [0, 0.1) is 0 Å². The molecule has 132 valence electrons. The summed E-state index contributed by atoms with van der Waals surface area (Å²) in [6.07, 6.45) is 1.25. The maximum atomic E-state index is 12.0. The van der Waals surface area contributed by atoms with Gasteiger partial charge in [0, 0.05) is 12.3 Å². The summed E-state index contributed by atoms with van der Waals surface area (Å²) in [4.78, 5) is 35.3. The van der Waals surface area contributed by atoms with E-state index in [0.29, 0.717) is 34.9 Å². The second-order valence-corrected chi connectivity index (χ2v) is 6.11. The lowest BCUT2D eigenvalue weighted by Crippen LogP contribution is -2.26. The van der Waals surface area contributed by atoms with Gasteiger partial charge in [-0.15, -0.1) is 0 Å². The van der Waals surface area contributed by atoms with Gasteiger partial charge in [0.1, 0.15) is 17.6 Å². The van der Waals surface area contributed by atoms with Gasteiger partial charge in [-0.3, -0.25) is 19.7 Å². The molecule has 2 aromatic carbocycles. The molecule has 0 aliphatic carbocycles. The number of hydrogen-bond acceptors (Lipinski definition) is 5. The number of ether oxygens (including phenoxy) is 2. The quantitative estimate of drug-likeness (QED) is 0.825. The average Bonchev–Trinajstić information content (AvgIpc) is 3.26. The molecule has 2 N–H and O–H groups in total. The number of anilines is 1. The van der Waals surface area contributed by atoms with Crippen molar-refractivity contribution < 1.29 is 23.9 Å². The predicted octanol–water partition coefficient (Wildman–Crippen LogP) is 2.48. The molecule has 0 unspecified atom stereocenters. The average molecular weight is 352 g/mol. The highest BCUT2D eigenvalue weighted by atomic mass is 16.5. The summed E-state index contributed by atoms with van der Waals surface area (Å²) in [6.45, 7) is 0.620. The van der Waals surface area contributed by atoms with Gasteiger partial charge in [0.05, 0.1) is 11.1 Å². The van der Waals surface area contributed by atoms with Gasteiger partial charge in [-0.05, 0) is 55.3 Å². The number of hydrogen-bond donors (Lipinski definition) is 2. The van der Waals surface area contributed by atoms with E-state index < -0.39 is 11.8 Å². The van der Waals surface area contributed by atoms with Crippen LogP contribution in [0.5, 0.6) is 11.5 Å². The Bertz CT molecular complexity index is 885. The van der Waals surface area contributed by atoms with Gasteiger partial charge in [0.25, 0.3) is 17.7 Å². The van der Waals surface area contributed by atoms with Crippen LogP contribution < -0.4 is 15.4 Å². The lowest BCUT2D eigenvalue weighted by molar-refractivity contribution is -0.124. The largest absolute Gasteiger partial charge is 0.457 e. The number of nitrogens with one attached hydrogen (secondary N) is 2. The molecule has 2 aliphatic rings. The molecule has 0 aromatic heterocycles. The Morgan fingerprint density at radius 3 is 2.50 bits per heavy atom. The van der Waals surface area contributed by atoms with Gasteiger partial charge in [0.2, 0.25) is 0 Å². The van der Waals surface area contributed by atoms with Crippen LogP contribution in [0.1, 0.15) is 33.6 Å². The number of fused-ring (bicyclic) bond motifs is 1. The molecule has 3 amide bonds. The van der Waals surface area contributed by atoms with Crippen molar-refractivity contribution >= 4 is 23.4 Å². The second-order valence-electron chi connectivity index (χ2n) is 6.11. The molecular formula is C19H16N2O5. The van der Waals surface area contributed by atoms with Crippen molar-refractivity contribution in [3.63, 3.8) is 0 Å². The van der Waals surface area contributed by atoms with Crippen molar-refractivity contribution in [2.24, 2.45) is 0 Å². The summed E-state index contributed by atoms with van der Waals surface area (Å²) in [7, 11) is 0. The van der Waals surface area contributed by atoms with E-state index >= 15 is 0 Å². The molecular weight excluding hydrogens is 336 g/mol. The standard InChI is InChI=1S/C19H16N2O5/c22-17-14-8-7-13(10-15(14)18(23)21-17)26-12-5-3-11(4-6-12)20-19(24)16-2-1-9-25-16/h3-8,10,16H,1-2,9H2,(H,20,24)(H,21,22,23)/t16-/m0/s1. The van der Waals surface area contributed by atoms with Crippen molar-refractivity contribution in [1.82, 2.24) is 5.32 Å². The maximum absolute atomic E-state index is 12.0. The molecule has 7 heteroatoms. The number of rotatable bonds is 4. The van der Waals surface area contributed by atoms with E-state index in [4.69, 9.17) is 9.47 Å². The highest BCUT2D eigenvalue weighted by Crippen LogP contribution is 2.27. The molecule has 7 nitrogen and oxygen atoms in total. The molecule has 1 atom stereocenters. The van der Waals surface area contributed by atoms with Crippen LogP contribution in [0.3, 0.4) is 0 Å². The van der Waals surface area contributed by atoms with Gasteiger partial charge in [-0.1, -0.05) is 0 Å². The Morgan fingerprint density at radius 1 is 1.04 bits per heavy atom. The summed E-state index contributed by atoms with van der Waals surface area (Å²) in [6, 6.07) is 11.6. The summed E-state index contributed by atoms with van der Waals surface area (Å²) in [5, 5.41) is 5.05. The molecule has 0 radical (unpaired) electrons. The number of benzene rings is 2. The topological polar surface area (TPSA) is 93.7 Å². The van der Waals surface area contributed by atoms with Crippen molar-refractivity contribution in [2.75, 3.05) is 11.9 Å². The lowest BCUT2D eigenvalue weighted by Gasteiger charge is -2.11. The molecule has 2 aromatic rings. The fourth-order valence-corrected chi connectivity index (χ4v) is 2.96. The summed E-state index contributed by atoms with van der Waals surface area (Å²) < 4.78 is 11.1. The Hall–Kier alpha value is -3.19. The Kier molecular flexibility index (Phi) is 4.14. The molecule has 26 heavy (non-hydrogen) atoms. The smallest absolute Gasteiger partial charge is 0.259 e. The summed E-state index contributed by atoms with van der Waals surface area (Å²) in [5.74, 6) is 0.0190. The highest BCUT2D eigenvalue weighted by Gasteiger charge is 2.27. The first-order valence-electron chi connectivity index (χ1n) is 8.30. The fraction of sp³-hybridized carbons (Fsp3) is 0.211. The minimum atomic E-state index is -0.428. The summed E-state index contributed by atoms with van der Waals surface area (Å²) in [5.41, 5.74) is 1.29. The Balaban J connectivity index is 1.43. The third-order valence-corrected chi connectivity index (χ3v) is 4.29. The van der Waals surface area contributed by atoms with Crippen LogP contribution in [0.15, 0.2) is 42.5 Å². The number of carbonyl (C=O) groups is 3. The second kappa shape index (κ2) is 6.61. The molecule has 0 spiro atoms. The Labute approximate surface area is 149 Å². The Morgan fingerprint density at radius 2 is 1.77 bits per heavy atom. The normalized spacial score (nSPS) is 18.4. The molecule has 2 heterocycles. The molecule has 1 saturated heterocycles. The third kappa shape index (κ3) is 3.16. The molecule has 2 aliphatic heterocycles. The zero-order valence-corrected chi connectivity index (χ0v) is 13.8. The van der Waals surface area contributed by atoms with Gasteiger partial charge < -0.3 is 14.8 Å². The van der Waals surface area contributed by atoms with Gasteiger partial charge in [-0.25, -0.2) is 0 Å². The minimum Gasteiger partial charge on any atom is -0.457 e.